The summed E-state index contributed by atoms with van der Waals surface area (Å²) in [6.45, 7) is 4.28. The van der Waals surface area contributed by atoms with Crippen molar-refractivity contribution in [2.75, 3.05) is 6.61 Å². The molecule has 0 unspecified atom stereocenters. The fourth-order valence-electron chi connectivity index (χ4n) is 1.80. The Morgan fingerprint density at radius 2 is 1.45 bits per heavy atom. The van der Waals surface area contributed by atoms with E-state index in [1.165, 1.54) is 5.56 Å². The van der Waals surface area contributed by atoms with E-state index < -0.39 is 0 Å². The molecule has 2 aromatic carbocycles. The minimum Gasteiger partial charge on any atom is -0.462 e. The highest BCUT2D eigenvalue weighted by molar-refractivity contribution is 5.89. The fourth-order valence-corrected chi connectivity index (χ4v) is 1.80. The van der Waals surface area contributed by atoms with Gasteiger partial charge >= 0.3 is 5.97 Å². The van der Waals surface area contributed by atoms with Gasteiger partial charge in [0.25, 0.3) is 0 Å². The number of ether oxygens (including phenoxy) is 2. The highest BCUT2D eigenvalue weighted by Crippen LogP contribution is 2.22. The summed E-state index contributed by atoms with van der Waals surface area (Å²) < 4.78 is 10.7. The van der Waals surface area contributed by atoms with E-state index in [1.807, 2.05) is 24.3 Å². The van der Waals surface area contributed by atoms with Gasteiger partial charge < -0.3 is 9.47 Å². The first-order chi connectivity index (χ1) is 9.72. The molecule has 0 aliphatic rings. The average molecular weight is 270 g/mol. The van der Waals surface area contributed by atoms with Crippen LogP contribution in [-0.4, -0.2) is 12.6 Å². The standard InChI is InChI=1S/C17H18O3/c1-3-13-5-9-15(10-6-13)20-16-11-7-14(8-12-16)17(18)19-4-2/h5-12H,3-4H2,1-2H3. The van der Waals surface area contributed by atoms with Gasteiger partial charge in [-0.1, -0.05) is 19.1 Å². The maximum absolute atomic E-state index is 11.5. The van der Waals surface area contributed by atoms with E-state index in [2.05, 4.69) is 6.92 Å². The van der Waals surface area contributed by atoms with Crippen molar-refractivity contribution in [3.05, 3.63) is 59.7 Å². The first-order valence-corrected chi connectivity index (χ1v) is 6.77. The summed E-state index contributed by atoms with van der Waals surface area (Å²) in [5.41, 5.74) is 1.80. The van der Waals surface area contributed by atoms with Gasteiger partial charge in [-0.3, -0.25) is 0 Å². The van der Waals surface area contributed by atoms with Crippen LogP contribution in [0.2, 0.25) is 0 Å². The van der Waals surface area contributed by atoms with Gasteiger partial charge in [0.2, 0.25) is 0 Å². The SMILES string of the molecule is CCOC(=O)c1ccc(Oc2ccc(CC)cc2)cc1. The van der Waals surface area contributed by atoms with E-state index in [0.29, 0.717) is 17.9 Å². The molecule has 0 radical (unpaired) electrons. The highest BCUT2D eigenvalue weighted by atomic mass is 16.5. The smallest absolute Gasteiger partial charge is 0.338 e. The molecule has 2 rings (SSSR count). The van der Waals surface area contributed by atoms with E-state index in [-0.39, 0.29) is 5.97 Å². The van der Waals surface area contributed by atoms with Crippen molar-refractivity contribution >= 4 is 5.97 Å². The molecular weight excluding hydrogens is 252 g/mol. The van der Waals surface area contributed by atoms with Crippen LogP contribution in [0.15, 0.2) is 48.5 Å². The van der Waals surface area contributed by atoms with E-state index in [0.717, 1.165) is 12.2 Å². The van der Waals surface area contributed by atoms with Crippen molar-refractivity contribution in [3.63, 3.8) is 0 Å². The van der Waals surface area contributed by atoms with Gasteiger partial charge in [0.1, 0.15) is 11.5 Å². The molecule has 0 spiro atoms. The number of aryl methyl sites for hydroxylation is 1. The van der Waals surface area contributed by atoms with Crippen LogP contribution in [0.1, 0.15) is 29.8 Å². The lowest BCUT2D eigenvalue weighted by molar-refractivity contribution is 0.0526. The lowest BCUT2D eigenvalue weighted by Gasteiger charge is -2.07. The van der Waals surface area contributed by atoms with E-state index in [4.69, 9.17) is 9.47 Å². The molecule has 3 nitrogen and oxygen atoms in total. The summed E-state index contributed by atoms with van der Waals surface area (Å²) >= 11 is 0. The van der Waals surface area contributed by atoms with Gasteiger partial charge in [-0.2, -0.15) is 0 Å². The molecule has 0 heterocycles. The van der Waals surface area contributed by atoms with Crippen molar-refractivity contribution in [1.29, 1.82) is 0 Å². The van der Waals surface area contributed by atoms with Crippen molar-refractivity contribution in [2.45, 2.75) is 20.3 Å². The molecule has 3 heteroatoms. The fraction of sp³-hybridized carbons (Fsp3) is 0.235. The van der Waals surface area contributed by atoms with E-state index in [1.54, 1.807) is 31.2 Å². The molecule has 0 atom stereocenters. The molecule has 0 aliphatic carbocycles. The first kappa shape index (κ1) is 14.1. The topological polar surface area (TPSA) is 35.5 Å². The quantitative estimate of drug-likeness (QED) is 0.763. The lowest BCUT2D eigenvalue weighted by Crippen LogP contribution is -2.03. The number of hydrogen-bond acceptors (Lipinski definition) is 3. The van der Waals surface area contributed by atoms with Gasteiger partial charge in [0.15, 0.2) is 0 Å². The number of esters is 1. The van der Waals surface area contributed by atoms with Gasteiger partial charge in [0, 0.05) is 0 Å². The molecule has 20 heavy (non-hydrogen) atoms. The van der Waals surface area contributed by atoms with Crippen LogP contribution in [0.4, 0.5) is 0 Å². The minimum atomic E-state index is -0.314. The largest absolute Gasteiger partial charge is 0.462 e. The van der Waals surface area contributed by atoms with Crippen LogP contribution in [0, 0.1) is 0 Å². The van der Waals surface area contributed by atoms with Crippen molar-refractivity contribution < 1.29 is 14.3 Å². The average Bonchev–Trinajstić information content (AvgIpc) is 2.49. The highest BCUT2D eigenvalue weighted by Gasteiger charge is 2.06. The predicted molar refractivity (Wildman–Crippen MR) is 78.3 cm³/mol. The molecule has 0 saturated heterocycles. The third-order valence-electron chi connectivity index (χ3n) is 2.93. The van der Waals surface area contributed by atoms with Gasteiger partial charge in [-0.25, -0.2) is 4.79 Å². The lowest BCUT2D eigenvalue weighted by atomic mass is 10.2. The van der Waals surface area contributed by atoms with E-state index >= 15 is 0 Å². The summed E-state index contributed by atoms with van der Waals surface area (Å²) in [6, 6.07) is 14.9. The molecule has 0 saturated carbocycles. The van der Waals surface area contributed by atoms with Gasteiger partial charge in [-0.15, -0.1) is 0 Å². The molecule has 104 valence electrons. The Balaban J connectivity index is 2.04. The second-order valence-corrected chi connectivity index (χ2v) is 4.34. The zero-order valence-corrected chi connectivity index (χ0v) is 11.8. The summed E-state index contributed by atoms with van der Waals surface area (Å²) in [7, 11) is 0. The van der Waals surface area contributed by atoms with Crippen molar-refractivity contribution in [3.8, 4) is 11.5 Å². The number of rotatable bonds is 5. The monoisotopic (exact) mass is 270 g/mol. The maximum atomic E-state index is 11.5. The Hall–Kier alpha value is -2.29. The second kappa shape index (κ2) is 6.75. The van der Waals surface area contributed by atoms with Crippen LogP contribution >= 0.6 is 0 Å². The number of carbonyl (C=O) groups excluding carboxylic acids is 1. The molecule has 0 aliphatic heterocycles. The number of hydrogen-bond donors (Lipinski definition) is 0. The number of carbonyl (C=O) groups is 1. The third-order valence-corrected chi connectivity index (χ3v) is 2.93. The Labute approximate surface area is 119 Å². The third kappa shape index (κ3) is 3.60. The van der Waals surface area contributed by atoms with Crippen LogP contribution in [0.25, 0.3) is 0 Å². The summed E-state index contributed by atoms with van der Waals surface area (Å²) in [5, 5.41) is 0. The summed E-state index contributed by atoms with van der Waals surface area (Å²) in [6.07, 6.45) is 1.01. The molecule has 0 bridgehead atoms. The molecule has 0 N–H and O–H groups in total. The normalized spacial score (nSPS) is 10.1. The van der Waals surface area contributed by atoms with Crippen LogP contribution < -0.4 is 4.74 Å². The molecule has 2 aromatic rings. The zero-order chi connectivity index (χ0) is 14.4. The predicted octanol–water partition coefficient (Wildman–Crippen LogP) is 4.22. The molecule has 0 amide bonds. The maximum Gasteiger partial charge on any atom is 0.338 e. The second-order valence-electron chi connectivity index (χ2n) is 4.34. The van der Waals surface area contributed by atoms with Crippen LogP contribution in [-0.2, 0) is 11.2 Å². The number of benzene rings is 2. The van der Waals surface area contributed by atoms with Crippen molar-refractivity contribution in [2.24, 2.45) is 0 Å². The summed E-state index contributed by atoms with van der Waals surface area (Å²) in [4.78, 5) is 11.5. The summed E-state index contributed by atoms with van der Waals surface area (Å²) in [5.74, 6) is 1.17. The van der Waals surface area contributed by atoms with Gasteiger partial charge in [-0.05, 0) is 55.3 Å². The van der Waals surface area contributed by atoms with Crippen LogP contribution in [0.5, 0.6) is 11.5 Å². The first-order valence-electron chi connectivity index (χ1n) is 6.77. The Morgan fingerprint density at radius 1 is 0.900 bits per heavy atom. The van der Waals surface area contributed by atoms with Crippen LogP contribution in [0.3, 0.4) is 0 Å². The molecular formula is C17H18O3. The minimum absolute atomic E-state index is 0.314. The zero-order valence-electron chi connectivity index (χ0n) is 11.8. The van der Waals surface area contributed by atoms with Crippen molar-refractivity contribution in [1.82, 2.24) is 0 Å². The van der Waals surface area contributed by atoms with E-state index in [9.17, 15) is 4.79 Å². The Kier molecular flexibility index (Phi) is 4.77. The van der Waals surface area contributed by atoms with Gasteiger partial charge in [0.05, 0.1) is 12.2 Å². The Morgan fingerprint density at radius 3 is 1.95 bits per heavy atom. The molecule has 0 fully saturated rings. The molecule has 0 aromatic heterocycles. The Bertz CT molecular complexity index is 556.